The minimum atomic E-state index is -1.92. The maximum atomic E-state index is 12.5. The summed E-state index contributed by atoms with van der Waals surface area (Å²) in [6, 6.07) is -1.50. The second-order valence-electron chi connectivity index (χ2n) is 7.59. The van der Waals surface area contributed by atoms with Crippen LogP contribution in [0.1, 0.15) is 29.6 Å². The van der Waals surface area contributed by atoms with Crippen LogP contribution in [0.15, 0.2) is 12.1 Å². The van der Waals surface area contributed by atoms with Gasteiger partial charge in [0.05, 0.1) is 16.1 Å². The predicted molar refractivity (Wildman–Crippen MR) is 107 cm³/mol. The molecule has 0 aliphatic carbocycles. The van der Waals surface area contributed by atoms with Gasteiger partial charge in [0.2, 0.25) is 11.6 Å². The van der Waals surface area contributed by atoms with Crippen molar-refractivity contribution >= 4 is 47.0 Å². The van der Waals surface area contributed by atoms with Gasteiger partial charge in [-0.2, -0.15) is 0 Å². The first-order valence-corrected chi connectivity index (χ1v) is 10.1. The van der Waals surface area contributed by atoms with E-state index >= 15 is 0 Å². The standard InChI is InChI=1S/C18H21Cl2N3O9/c19-8-3-6(4-9(20)12(8)24)14(26)22-10(15(27)28)5-7-1-2-18(23-7,17(31)32)13(25)11(21)16(29)30/h3-4,7,10-11,13,23-25H,1-2,5,21H2,(H,22,26)(H,27,28)(H,29,30)(H,31,32)/p+2/t7-,10+,11-,13+,18-/m1/s1. The van der Waals surface area contributed by atoms with Gasteiger partial charge in [-0.15, -0.1) is 0 Å². The molecule has 1 heterocycles. The number of amides is 1. The predicted octanol–water partition coefficient (Wildman–Crippen LogP) is -2.12. The summed E-state index contributed by atoms with van der Waals surface area (Å²) in [5.74, 6) is -5.60. The van der Waals surface area contributed by atoms with Gasteiger partial charge in [-0.25, -0.2) is 14.4 Å². The van der Waals surface area contributed by atoms with Gasteiger partial charge >= 0.3 is 17.9 Å². The van der Waals surface area contributed by atoms with Gasteiger partial charge in [-0.1, -0.05) is 23.2 Å². The third-order valence-electron chi connectivity index (χ3n) is 5.51. The first kappa shape index (κ1) is 25.6. The number of aliphatic hydroxyl groups is 1. The van der Waals surface area contributed by atoms with E-state index in [0.717, 1.165) is 12.1 Å². The number of nitrogens with one attached hydrogen (secondary N) is 1. The van der Waals surface area contributed by atoms with Crippen molar-refractivity contribution in [3.8, 4) is 5.75 Å². The number of rotatable bonds is 9. The molecule has 11 N–H and O–H groups in total. The van der Waals surface area contributed by atoms with Crippen LogP contribution in [0.25, 0.3) is 0 Å². The lowest BCUT2D eigenvalue weighted by atomic mass is 9.86. The molecule has 0 saturated carbocycles. The number of carbonyl (C=O) groups excluding carboxylic acids is 1. The number of halogens is 2. The zero-order valence-corrected chi connectivity index (χ0v) is 18.0. The number of nitrogens with two attached hydrogens (primary N) is 1. The average molecular weight is 496 g/mol. The maximum Gasteiger partial charge on any atom is 0.368 e. The highest BCUT2D eigenvalue weighted by molar-refractivity contribution is 6.37. The van der Waals surface area contributed by atoms with E-state index in [4.69, 9.17) is 28.3 Å². The van der Waals surface area contributed by atoms with Crippen molar-refractivity contribution in [2.24, 2.45) is 0 Å². The van der Waals surface area contributed by atoms with E-state index in [1.165, 1.54) is 5.32 Å². The van der Waals surface area contributed by atoms with Gasteiger partial charge in [-0.05, 0) is 12.1 Å². The molecular formula is C18H23Cl2N3O9+2. The largest absolute Gasteiger partial charge is 0.505 e. The Balaban J connectivity index is 2.17. The number of aliphatic hydroxyl groups excluding tert-OH is 1. The third-order valence-corrected chi connectivity index (χ3v) is 6.08. The number of phenols is 1. The molecule has 0 radical (unpaired) electrons. The van der Waals surface area contributed by atoms with Crippen LogP contribution >= 0.6 is 23.2 Å². The van der Waals surface area contributed by atoms with Crippen LogP contribution in [-0.2, 0) is 14.4 Å². The first-order valence-electron chi connectivity index (χ1n) is 9.35. The Morgan fingerprint density at radius 1 is 1.16 bits per heavy atom. The highest BCUT2D eigenvalue weighted by Gasteiger charge is 2.59. The molecule has 1 fully saturated rings. The maximum absolute atomic E-state index is 12.5. The molecule has 14 heteroatoms. The van der Waals surface area contributed by atoms with Crippen molar-refractivity contribution in [1.82, 2.24) is 5.32 Å². The van der Waals surface area contributed by atoms with E-state index in [2.05, 4.69) is 11.1 Å². The molecule has 1 saturated heterocycles. The molecule has 0 spiro atoms. The summed E-state index contributed by atoms with van der Waals surface area (Å²) in [5, 5.41) is 51.3. The van der Waals surface area contributed by atoms with Crippen LogP contribution in [0.5, 0.6) is 5.75 Å². The molecule has 1 aromatic rings. The number of carbonyl (C=O) groups is 4. The molecule has 5 atom stereocenters. The summed E-state index contributed by atoms with van der Waals surface area (Å²) < 4.78 is 0. The quantitative estimate of drug-likeness (QED) is 0.187. The van der Waals surface area contributed by atoms with Gasteiger partial charge in [0, 0.05) is 24.8 Å². The monoisotopic (exact) mass is 495 g/mol. The van der Waals surface area contributed by atoms with E-state index in [1.54, 1.807) is 0 Å². The topological polar surface area (TPSA) is 226 Å². The van der Waals surface area contributed by atoms with Crippen molar-refractivity contribution in [2.75, 3.05) is 0 Å². The normalized spacial score (nSPS) is 23.2. The molecule has 0 aromatic heterocycles. The molecule has 1 aromatic carbocycles. The molecule has 2 rings (SSSR count). The molecular weight excluding hydrogens is 473 g/mol. The summed E-state index contributed by atoms with van der Waals surface area (Å²) in [4.78, 5) is 47.2. The zero-order chi connectivity index (χ0) is 24.4. The van der Waals surface area contributed by atoms with Crippen LogP contribution in [0, 0.1) is 0 Å². The molecule has 1 aliphatic rings. The fraction of sp³-hybridized carbons (Fsp3) is 0.444. The Morgan fingerprint density at radius 3 is 2.19 bits per heavy atom. The Labute approximate surface area is 190 Å². The highest BCUT2D eigenvalue weighted by Crippen LogP contribution is 2.32. The van der Waals surface area contributed by atoms with Crippen molar-refractivity contribution in [3.05, 3.63) is 27.7 Å². The second kappa shape index (κ2) is 9.88. The first-order chi connectivity index (χ1) is 14.8. The fourth-order valence-electron chi connectivity index (χ4n) is 3.71. The van der Waals surface area contributed by atoms with Gasteiger partial charge < -0.3 is 41.9 Å². The lowest BCUT2D eigenvalue weighted by molar-refractivity contribution is -0.735. The van der Waals surface area contributed by atoms with Crippen LogP contribution in [0.4, 0.5) is 0 Å². The highest BCUT2D eigenvalue weighted by atomic mass is 35.5. The van der Waals surface area contributed by atoms with Gasteiger partial charge in [0.1, 0.15) is 6.04 Å². The molecule has 0 bridgehead atoms. The Bertz CT molecular complexity index is 921. The number of carboxylic acid groups (broad SMARTS) is 3. The molecule has 1 aliphatic heterocycles. The van der Waals surface area contributed by atoms with Crippen LogP contribution in [0.3, 0.4) is 0 Å². The molecule has 12 nitrogen and oxygen atoms in total. The van der Waals surface area contributed by atoms with Crippen molar-refractivity contribution in [2.45, 2.75) is 49.0 Å². The second-order valence-corrected chi connectivity index (χ2v) is 8.40. The fourth-order valence-corrected chi connectivity index (χ4v) is 4.19. The van der Waals surface area contributed by atoms with Gasteiger partial charge in [-0.3, -0.25) is 4.79 Å². The summed E-state index contributed by atoms with van der Waals surface area (Å²) in [5.41, 5.74) is 1.28. The number of benzene rings is 1. The van der Waals surface area contributed by atoms with Gasteiger partial charge in [0.15, 0.2) is 11.9 Å². The summed E-state index contributed by atoms with van der Waals surface area (Å²) in [7, 11) is 0. The molecule has 1 amide bonds. The number of carboxylic acids is 3. The van der Waals surface area contributed by atoms with E-state index in [9.17, 15) is 39.6 Å². The summed E-state index contributed by atoms with van der Waals surface area (Å²) >= 11 is 11.6. The van der Waals surface area contributed by atoms with E-state index in [-0.39, 0.29) is 34.9 Å². The Kier molecular flexibility index (Phi) is 7.91. The van der Waals surface area contributed by atoms with Crippen LogP contribution in [-0.4, -0.2) is 79.1 Å². The van der Waals surface area contributed by atoms with Crippen molar-refractivity contribution in [3.63, 3.8) is 0 Å². The van der Waals surface area contributed by atoms with Crippen molar-refractivity contribution in [1.29, 1.82) is 0 Å². The number of hydrogen-bond acceptors (Lipinski definition) is 6. The lowest BCUT2D eigenvalue weighted by Gasteiger charge is -2.28. The Hall–Kier alpha value is -2.64. The number of hydrogen-bond donors (Lipinski definition) is 8. The number of quaternary nitrogens is 2. The number of aromatic hydroxyl groups is 1. The van der Waals surface area contributed by atoms with Gasteiger partial charge in [0.25, 0.3) is 5.91 Å². The summed E-state index contributed by atoms with van der Waals surface area (Å²) in [6.45, 7) is 0. The van der Waals surface area contributed by atoms with E-state index in [0.29, 0.717) is 0 Å². The van der Waals surface area contributed by atoms with Crippen molar-refractivity contribution < 1.29 is 55.8 Å². The van der Waals surface area contributed by atoms with E-state index < -0.39 is 59.3 Å². The average Bonchev–Trinajstić information content (AvgIpc) is 3.15. The van der Waals surface area contributed by atoms with E-state index in [1.807, 2.05) is 0 Å². The molecule has 0 unspecified atom stereocenters. The third kappa shape index (κ3) is 5.22. The summed E-state index contributed by atoms with van der Waals surface area (Å²) in [6.07, 6.45) is -2.03. The lowest BCUT2D eigenvalue weighted by Crippen LogP contribution is -3.04. The number of phenolic OH excluding ortho intramolecular Hbond substituents is 1. The van der Waals surface area contributed by atoms with Crippen LogP contribution < -0.4 is 16.4 Å². The smallest absolute Gasteiger partial charge is 0.368 e. The van der Waals surface area contributed by atoms with Crippen LogP contribution in [0.2, 0.25) is 10.0 Å². The number of aliphatic carboxylic acids is 3. The minimum absolute atomic E-state index is 0.101. The SMILES string of the molecule is [NH3+][C@@H](C(=O)O)[C@H](O)[C@@]1(C(=O)O)CC[C@H](C[C@H](NC(=O)c2cc(Cl)c(O)c(Cl)c2)C(=O)O)[NH2+]1. The minimum Gasteiger partial charge on any atom is -0.505 e. The Morgan fingerprint density at radius 2 is 1.72 bits per heavy atom. The zero-order valence-electron chi connectivity index (χ0n) is 16.5. The molecule has 32 heavy (non-hydrogen) atoms. The molecule has 176 valence electrons.